The molecule has 0 unspecified atom stereocenters. The van der Waals surface area contributed by atoms with Crippen LogP contribution < -0.4 is 14.8 Å². The van der Waals surface area contributed by atoms with Gasteiger partial charge in [-0.1, -0.05) is 6.07 Å². The number of nitrogens with zero attached hydrogens (tertiary/aromatic N) is 2. The molecule has 2 heterocycles. The van der Waals surface area contributed by atoms with E-state index in [0.717, 1.165) is 22.7 Å². The van der Waals surface area contributed by atoms with Gasteiger partial charge in [-0.05, 0) is 29.6 Å². The molecule has 3 aromatic rings. The van der Waals surface area contributed by atoms with E-state index in [1.165, 1.54) is 0 Å². The third-order valence-electron chi connectivity index (χ3n) is 3.34. The van der Waals surface area contributed by atoms with Gasteiger partial charge in [0.1, 0.15) is 18.1 Å². The lowest BCUT2D eigenvalue weighted by atomic mass is 10.3. The van der Waals surface area contributed by atoms with Gasteiger partial charge in [-0.3, -0.25) is 4.79 Å². The van der Waals surface area contributed by atoms with E-state index in [0.29, 0.717) is 11.9 Å². The van der Waals surface area contributed by atoms with Crippen LogP contribution in [0, 0.1) is 11.6 Å². The Morgan fingerprint density at radius 1 is 1.11 bits per heavy atom. The molecule has 0 radical (unpaired) electrons. The minimum Gasteiger partial charge on any atom is -0.481 e. The summed E-state index contributed by atoms with van der Waals surface area (Å²) in [6, 6.07) is 10.2. The Bertz CT molecular complexity index is 889. The molecule has 0 aliphatic heterocycles. The molecule has 0 fully saturated rings. The van der Waals surface area contributed by atoms with Gasteiger partial charge in [0.15, 0.2) is 18.2 Å². The van der Waals surface area contributed by atoms with Gasteiger partial charge in [0.05, 0.1) is 11.4 Å². The molecule has 3 rings (SSSR count). The second-order valence-electron chi connectivity index (χ2n) is 5.30. The van der Waals surface area contributed by atoms with Crippen LogP contribution in [0.5, 0.6) is 11.6 Å². The largest absolute Gasteiger partial charge is 0.481 e. The highest BCUT2D eigenvalue weighted by molar-refractivity contribution is 7.13. The lowest BCUT2D eigenvalue weighted by Gasteiger charge is -2.09. The van der Waals surface area contributed by atoms with Crippen LogP contribution in [0.3, 0.4) is 0 Å². The normalized spacial score (nSPS) is 10.4. The first-order chi connectivity index (χ1) is 13.1. The van der Waals surface area contributed by atoms with E-state index in [-0.39, 0.29) is 18.9 Å². The minimum atomic E-state index is -0.865. The van der Waals surface area contributed by atoms with Crippen molar-refractivity contribution in [3.8, 4) is 22.2 Å². The maximum absolute atomic E-state index is 13.4. The highest BCUT2D eigenvalue weighted by Crippen LogP contribution is 2.22. The first kappa shape index (κ1) is 18.7. The van der Waals surface area contributed by atoms with Crippen molar-refractivity contribution in [3.05, 3.63) is 59.5 Å². The van der Waals surface area contributed by atoms with E-state index in [1.807, 2.05) is 17.5 Å². The number of amides is 1. The van der Waals surface area contributed by atoms with Crippen molar-refractivity contribution in [2.24, 2.45) is 0 Å². The summed E-state index contributed by atoms with van der Waals surface area (Å²) in [7, 11) is 0. The summed E-state index contributed by atoms with van der Waals surface area (Å²) in [5.41, 5.74) is 0.760. The number of aromatic nitrogens is 2. The molecular weight excluding hydrogens is 376 g/mol. The molecule has 0 saturated carbocycles. The molecule has 6 nitrogen and oxygen atoms in total. The highest BCUT2D eigenvalue weighted by Gasteiger charge is 2.08. The second-order valence-corrected chi connectivity index (χ2v) is 6.24. The molecule has 27 heavy (non-hydrogen) atoms. The maximum atomic E-state index is 13.4. The summed E-state index contributed by atoms with van der Waals surface area (Å²) < 4.78 is 36.6. The van der Waals surface area contributed by atoms with Gasteiger partial charge in [0.2, 0.25) is 5.88 Å². The maximum Gasteiger partial charge on any atom is 0.258 e. The number of thiophene rings is 1. The number of hydrogen-bond donors (Lipinski definition) is 1. The number of hydrogen-bond acceptors (Lipinski definition) is 6. The predicted molar refractivity (Wildman–Crippen MR) is 95.7 cm³/mol. The molecule has 9 heteroatoms. The van der Waals surface area contributed by atoms with Gasteiger partial charge in [-0.15, -0.1) is 21.5 Å². The topological polar surface area (TPSA) is 73.3 Å². The van der Waals surface area contributed by atoms with Gasteiger partial charge in [0.25, 0.3) is 5.91 Å². The Kier molecular flexibility index (Phi) is 6.26. The van der Waals surface area contributed by atoms with E-state index in [9.17, 15) is 13.6 Å². The van der Waals surface area contributed by atoms with Crippen LogP contribution >= 0.6 is 11.3 Å². The van der Waals surface area contributed by atoms with Gasteiger partial charge in [-0.2, -0.15) is 0 Å². The van der Waals surface area contributed by atoms with Gasteiger partial charge in [0, 0.05) is 12.1 Å². The summed E-state index contributed by atoms with van der Waals surface area (Å²) in [5, 5.41) is 12.6. The van der Waals surface area contributed by atoms with E-state index in [2.05, 4.69) is 15.5 Å². The van der Waals surface area contributed by atoms with Crippen LogP contribution in [0.25, 0.3) is 10.6 Å². The van der Waals surface area contributed by atoms with Crippen LogP contribution in [-0.2, 0) is 4.79 Å². The summed E-state index contributed by atoms with van der Waals surface area (Å²) in [6.45, 7) is 0.00396. The Morgan fingerprint density at radius 3 is 2.70 bits per heavy atom. The fraction of sp³-hybridized carbons (Fsp3) is 0.167. The van der Waals surface area contributed by atoms with Crippen molar-refractivity contribution >= 4 is 17.2 Å². The molecule has 140 valence electrons. The van der Waals surface area contributed by atoms with E-state index in [4.69, 9.17) is 9.47 Å². The zero-order chi connectivity index (χ0) is 19.1. The molecule has 0 aliphatic rings. The van der Waals surface area contributed by atoms with Crippen LogP contribution in [-0.4, -0.2) is 35.9 Å². The molecular formula is C18H15F2N3O3S. The van der Waals surface area contributed by atoms with E-state index < -0.39 is 24.1 Å². The first-order valence-corrected chi connectivity index (χ1v) is 8.85. The SMILES string of the molecule is O=C(COc1ccc(F)cc1F)NCCOc1ccc(-c2cccs2)nn1. The smallest absolute Gasteiger partial charge is 0.258 e. The van der Waals surface area contributed by atoms with Gasteiger partial charge in [-0.25, -0.2) is 8.78 Å². The minimum absolute atomic E-state index is 0.184. The van der Waals surface area contributed by atoms with Crippen LogP contribution in [0.2, 0.25) is 0 Å². The van der Waals surface area contributed by atoms with Crippen LogP contribution in [0.4, 0.5) is 8.78 Å². The third kappa shape index (κ3) is 5.45. The number of carbonyl (C=O) groups is 1. The standard InChI is InChI=1S/C18H15F2N3O3S/c19-12-3-5-15(13(20)10-12)26-11-17(24)21-7-8-25-18-6-4-14(22-23-18)16-2-1-9-27-16/h1-6,9-10H,7-8,11H2,(H,21,24). The molecule has 0 bridgehead atoms. The van der Waals surface area contributed by atoms with Gasteiger partial charge >= 0.3 is 0 Å². The Hall–Kier alpha value is -3.07. The highest BCUT2D eigenvalue weighted by atomic mass is 32.1. The fourth-order valence-corrected chi connectivity index (χ4v) is 2.78. The molecule has 1 N–H and O–H groups in total. The quantitative estimate of drug-likeness (QED) is 0.598. The van der Waals surface area contributed by atoms with Crippen LogP contribution in [0.1, 0.15) is 0 Å². The average molecular weight is 391 g/mol. The molecule has 0 aliphatic carbocycles. The molecule has 0 saturated heterocycles. The molecule has 0 atom stereocenters. The number of carbonyl (C=O) groups excluding carboxylic acids is 1. The number of rotatable bonds is 8. The second kappa shape index (κ2) is 9.04. The monoisotopic (exact) mass is 391 g/mol. The average Bonchev–Trinajstić information content (AvgIpc) is 3.20. The predicted octanol–water partition coefficient (Wildman–Crippen LogP) is 3.06. The number of ether oxygens (including phenoxy) is 2. The van der Waals surface area contributed by atoms with E-state index >= 15 is 0 Å². The Labute approximate surface area is 157 Å². The van der Waals surface area contributed by atoms with E-state index in [1.54, 1.807) is 23.5 Å². The van der Waals surface area contributed by atoms with Crippen molar-refractivity contribution in [1.82, 2.24) is 15.5 Å². The number of halogens is 2. The summed E-state index contributed by atoms with van der Waals surface area (Å²) in [6.07, 6.45) is 0. The van der Waals surface area contributed by atoms with Crippen molar-refractivity contribution in [2.45, 2.75) is 0 Å². The van der Waals surface area contributed by atoms with Crippen molar-refractivity contribution < 1.29 is 23.0 Å². The lowest BCUT2D eigenvalue weighted by Crippen LogP contribution is -2.32. The summed E-state index contributed by atoms with van der Waals surface area (Å²) in [4.78, 5) is 12.7. The molecule has 2 aromatic heterocycles. The molecule has 1 aromatic carbocycles. The first-order valence-electron chi connectivity index (χ1n) is 7.97. The Balaban J connectivity index is 1.36. The fourth-order valence-electron chi connectivity index (χ4n) is 2.09. The van der Waals surface area contributed by atoms with Crippen molar-refractivity contribution in [1.29, 1.82) is 0 Å². The van der Waals surface area contributed by atoms with Crippen molar-refractivity contribution in [3.63, 3.8) is 0 Å². The van der Waals surface area contributed by atoms with Gasteiger partial charge < -0.3 is 14.8 Å². The molecule has 1 amide bonds. The number of benzene rings is 1. The van der Waals surface area contributed by atoms with Crippen LogP contribution in [0.15, 0.2) is 47.8 Å². The van der Waals surface area contributed by atoms with Crippen molar-refractivity contribution in [2.75, 3.05) is 19.8 Å². The lowest BCUT2D eigenvalue weighted by molar-refractivity contribution is -0.123. The zero-order valence-electron chi connectivity index (χ0n) is 14.0. The molecule has 0 spiro atoms. The summed E-state index contributed by atoms with van der Waals surface area (Å²) >= 11 is 1.57. The zero-order valence-corrected chi connectivity index (χ0v) is 14.8. The Morgan fingerprint density at radius 2 is 2.00 bits per heavy atom. The summed E-state index contributed by atoms with van der Waals surface area (Å²) in [5.74, 6) is -1.89. The number of nitrogens with one attached hydrogen (secondary N) is 1. The third-order valence-corrected chi connectivity index (χ3v) is 4.23.